The Morgan fingerprint density at radius 1 is 1.00 bits per heavy atom. The molecule has 3 aromatic carbocycles. The Labute approximate surface area is 254 Å². The standard InChI is InChI=1S/C31H33ClF3N3O4S/c1-21-10-6-7-11-23(21)19-37(22(2)30(40)36-25-12-8-9-13-25)29(39)20-38(43(41,42)26-14-4-3-5-15-26)28-18-24(31(33,34)35)16-17-27(28)32/h3-7,10-11,14-18,22,25H,8-9,12-13,19-20H2,1-2H3,(H,36,40). The van der Waals surface area contributed by atoms with Gasteiger partial charge >= 0.3 is 6.18 Å². The van der Waals surface area contributed by atoms with Crippen LogP contribution in [0, 0.1) is 6.92 Å². The van der Waals surface area contributed by atoms with Crippen LogP contribution in [0.25, 0.3) is 0 Å². The van der Waals surface area contributed by atoms with Crippen molar-refractivity contribution in [3.05, 3.63) is 94.5 Å². The molecule has 12 heteroatoms. The van der Waals surface area contributed by atoms with E-state index in [0.29, 0.717) is 10.4 Å². The number of hydrogen-bond acceptors (Lipinski definition) is 4. The molecule has 2 amide bonds. The Kier molecular flexibility index (Phi) is 10.1. The molecule has 1 atom stereocenters. The molecule has 3 aromatic rings. The molecule has 0 spiro atoms. The first-order valence-electron chi connectivity index (χ1n) is 13.9. The van der Waals surface area contributed by atoms with Crippen LogP contribution in [-0.4, -0.2) is 43.8 Å². The highest BCUT2D eigenvalue weighted by atomic mass is 35.5. The Balaban J connectivity index is 1.77. The molecule has 0 saturated heterocycles. The smallest absolute Gasteiger partial charge is 0.352 e. The van der Waals surface area contributed by atoms with Gasteiger partial charge in [-0.15, -0.1) is 0 Å². The number of anilines is 1. The highest BCUT2D eigenvalue weighted by Gasteiger charge is 2.36. The summed E-state index contributed by atoms with van der Waals surface area (Å²) in [4.78, 5) is 28.4. The van der Waals surface area contributed by atoms with E-state index >= 15 is 0 Å². The number of alkyl halides is 3. The number of benzene rings is 3. The zero-order valence-electron chi connectivity index (χ0n) is 23.8. The Morgan fingerprint density at radius 3 is 2.26 bits per heavy atom. The Hall–Kier alpha value is -3.57. The summed E-state index contributed by atoms with van der Waals surface area (Å²) in [5, 5.41) is 2.68. The molecule has 1 saturated carbocycles. The number of carbonyl (C=O) groups excluding carboxylic acids is 2. The van der Waals surface area contributed by atoms with Crippen molar-refractivity contribution in [1.29, 1.82) is 0 Å². The number of halogens is 4. The minimum Gasteiger partial charge on any atom is -0.352 e. The number of carbonyl (C=O) groups is 2. The molecule has 1 N–H and O–H groups in total. The summed E-state index contributed by atoms with van der Waals surface area (Å²) in [7, 11) is -4.58. The van der Waals surface area contributed by atoms with Crippen molar-refractivity contribution in [3.8, 4) is 0 Å². The van der Waals surface area contributed by atoms with Crippen LogP contribution in [0.4, 0.5) is 18.9 Å². The quantitative estimate of drug-likeness (QED) is 0.282. The van der Waals surface area contributed by atoms with Gasteiger partial charge in [-0.2, -0.15) is 13.2 Å². The summed E-state index contributed by atoms with van der Waals surface area (Å²) < 4.78 is 69.4. The zero-order valence-corrected chi connectivity index (χ0v) is 25.3. The van der Waals surface area contributed by atoms with Crippen LogP contribution in [0.3, 0.4) is 0 Å². The molecule has 43 heavy (non-hydrogen) atoms. The van der Waals surface area contributed by atoms with Crippen molar-refractivity contribution in [1.82, 2.24) is 10.2 Å². The third-order valence-electron chi connectivity index (χ3n) is 7.62. The lowest BCUT2D eigenvalue weighted by molar-refractivity contribution is -0.139. The molecule has 1 fully saturated rings. The summed E-state index contributed by atoms with van der Waals surface area (Å²) in [6, 6.07) is 15.5. The highest BCUT2D eigenvalue weighted by molar-refractivity contribution is 7.92. The lowest BCUT2D eigenvalue weighted by Gasteiger charge is -2.33. The molecule has 1 aliphatic rings. The zero-order chi connectivity index (χ0) is 31.4. The number of aryl methyl sites for hydroxylation is 1. The van der Waals surface area contributed by atoms with Gasteiger partial charge in [-0.1, -0.05) is 66.9 Å². The van der Waals surface area contributed by atoms with Crippen molar-refractivity contribution in [2.24, 2.45) is 0 Å². The van der Waals surface area contributed by atoms with E-state index in [1.807, 2.05) is 19.1 Å². The minimum atomic E-state index is -4.80. The van der Waals surface area contributed by atoms with E-state index < -0.39 is 51.9 Å². The van der Waals surface area contributed by atoms with Gasteiger partial charge in [0.2, 0.25) is 11.8 Å². The van der Waals surface area contributed by atoms with Crippen molar-refractivity contribution < 1.29 is 31.2 Å². The van der Waals surface area contributed by atoms with Gasteiger partial charge in [-0.3, -0.25) is 13.9 Å². The second-order valence-electron chi connectivity index (χ2n) is 10.6. The van der Waals surface area contributed by atoms with Gasteiger partial charge in [0.05, 0.1) is 21.2 Å². The molecule has 0 aromatic heterocycles. The monoisotopic (exact) mass is 635 g/mol. The van der Waals surface area contributed by atoms with Crippen molar-refractivity contribution in [2.75, 3.05) is 10.8 Å². The second kappa shape index (κ2) is 13.4. The van der Waals surface area contributed by atoms with Crippen molar-refractivity contribution >= 4 is 39.1 Å². The SMILES string of the molecule is Cc1ccccc1CN(C(=O)CN(c1cc(C(F)(F)F)ccc1Cl)S(=O)(=O)c1ccccc1)C(C)C(=O)NC1CCCC1. The molecule has 0 bridgehead atoms. The fourth-order valence-corrected chi connectivity index (χ4v) is 6.77. The number of nitrogens with zero attached hydrogens (tertiary/aromatic N) is 2. The van der Waals surface area contributed by atoms with Gasteiger partial charge in [0.1, 0.15) is 12.6 Å². The molecule has 1 aliphatic carbocycles. The van der Waals surface area contributed by atoms with Crippen LogP contribution in [0.5, 0.6) is 0 Å². The van der Waals surface area contributed by atoms with E-state index in [0.717, 1.165) is 48.9 Å². The first-order valence-corrected chi connectivity index (χ1v) is 15.7. The average Bonchev–Trinajstić information content (AvgIpc) is 3.48. The van der Waals surface area contributed by atoms with E-state index in [1.54, 1.807) is 25.1 Å². The number of hydrogen-bond donors (Lipinski definition) is 1. The summed E-state index contributed by atoms with van der Waals surface area (Å²) in [6.07, 6.45) is -1.19. The van der Waals surface area contributed by atoms with Gasteiger partial charge in [0, 0.05) is 12.6 Å². The van der Waals surface area contributed by atoms with E-state index in [2.05, 4.69) is 5.32 Å². The Bertz CT molecular complexity index is 1560. The van der Waals surface area contributed by atoms with Crippen molar-refractivity contribution in [3.63, 3.8) is 0 Å². The molecular weight excluding hydrogens is 603 g/mol. The van der Waals surface area contributed by atoms with Crippen LogP contribution in [0.2, 0.25) is 5.02 Å². The maximum Gasteiger partial charge on any atom is 0.416 e. The maximum atomic E-state index is 14.1. The molecule has 0 heterocycles. The first kappa shape index (κ1) is 32.3. The van der Waals surface area contributed by atoms with Gasteiger partial charge < -0.3 is 10.2 Å². The average molecular weight is 636 g/mol. The topological polar surface area (TPSA) is 86.8 Å². The number of nitrogens with one attached hydrogen (secondary N) is 1. The molecule has 0 radical (unpaired) electrons. The lowest BCUT2D eigenvalue weighted by atomic mass is 10.1. The van der Waals surface area contributed by atoms with Crippen LogP contribution in [0.15, 0.2) is 77.7 Å². The predicted octanol–water partition coefficient (Wildman–Crippen LogP) is 6.34. The van der Waals surface area contributed by atoms with E-state index in [9.17, 15) is 31.2 Å². The second-order valence-corrected chi connectivity index (χ2v) is 12.9. The van der Waals surface area contributed by atoms with Gasteiger partial charge in [0.25, 0.3) is 10.0 Å². The minimum absolute atomic E-state index is 0.0239. The third-order valence-corrected chi connectivity index (χ3v) is 9.72. The van der Waals surface area contributed by atoms with Crippen LogP contribution in [0.1, 0.15) is 49.3 Å². The molecular formula is C31H33ClF3N3O4S. The fourth-order valence-electron chi connectivity index (χ4n) is 5.06. The van der Waals surface area contributed by atoms with Crippen LogP contribution < -0.4 is 9.62 Å². The highest BCUT2D eigenvalue weighted by Crippen LogP contribution is 2.37. The molecule has 4 rings (SSSR count). The number of sulfonamides is 1. The molecule has 230 valence electrons. The molecule has 7 nitrogen and oxygen atoms in total. The van der Waals surface area contributed by atoms with Crippen LogP contribution >= 0.6 is 11.6 Å². The van der Waals surface area contributed by atoms with Crippen LogP contribution in [-0.2, 0) is 32.3 Å². The fraction of sp³-hybridized carbons (Fsp3) is 0.355. The summed E-state index contributed by atoms with van der Waals surface area (Å²) in [5.74, 6) is -1.19. The van der Waals surface area contributed by atoms with E-state index in [1.165, 1.54) is 29.2 Å². The summed E-state index contributed by atoms with van der Waals surface area (Å²) in [6.45, 7) is 2.47. The first-order chi connectivity index (χ1) is 20.3. The maximum absolute atomic E-state index is 14.1. The number of amides is 2. The normalized spacial score (nSPS) is 14.7. The summed E-state index contributed by atoms with van der Waals surface area (Å²) in [5.41, 5.74) is -0.0643. The van der Waals surface area contributed by atoms with E-state index in [4.69, 9.17) is 11.6 Å². The molecule has 1 unspecified atom stereocenters. The molecule has 0 aliphatic heterocycles. The number of rotatable bonds is 10. The predicted molar refractivity (Wildman–Crippen MR) is 159 cm³/mol. The van der Waals surface area contributed by atoms with Crippen molar-refractivity contribution in [2.45, 2.75) is 69.2 Å². The Morgan fingerprint density at radius 2 is 1.63 bits per heavy atom. The summed E-state index contributed by atoms with van der Waals surface area (Å²) >= 11 is 6.29. The van der Waals surface area contributed by atoms with Gasteiger partial charge in [-0.05, 0) is 68.1 Å². The van der Waals surface area contributed by atoms with Gasteiger partial charge in [-0.25, -0.2) is 8.42 Å². The lowest BCUT2D eigenvalue weighted by Crippen LogP contribution is -2.52. The largest absolute Gasteiger partial charge is 0.416 e. The third kappa shape index (κ3) is 7.69. The van der Waals surface area contributed by atoms with E-state index in [-0.39, 0.29) is 22.5 Å². The van der Waals surface area contributed by atoms with Gasteiger partial charge in [0.15, 0.2) is 0 Å².